The van der Waals surface area contributed by atoms with Gasteiger partial charge in [0.15, 0.2) is 0 Å². The quantitative estimate of drug-likeness (QED) is 0.785. The molecule has 0 radical (unpaired) electrons. The second-order valence-corrected chi connectivity index (χ2v) is 5.82. The Morgan fingerprint density at radius 2 is 2.24 bits per heavy atom. The molecular formula is C17H16ClN3O4. The third-order valence-electron chi connectivity index (χ3n) is 3.93. The van der Waals surface area contributed by atoms with Gasteiger partial charge < -0.3 is 20.1 Å². The van der Waals surface area contributed by atoms with Gasteiger partial charge in [0.1, 0.15) is 5.70 Å². The molecule has 0 atom stereocenters. The number of aliphatic hydroxyl groups is 1. The summed E-state index contributed by atoms with van der Waals surface area (Å²) in [6.45, 7) is 0.0207. The van der Waals surface area contributed by atoms with Crippen LogP contribution in [0.1, 0.15) is 0 Å². The summed E-state index contributed by atoms with van der Waals surface area (Å²) in [4.78, 5) is 30.2. The average molecular weight is 362 g/mol. The van der Waals surface area contributed by atoms with Gasteiger partial charge in [-0.25, -0.2) is 4.79 Å². The van der Waals surface area contributed by atoms with Gasteiger partial charge in [0.05, 0.1) is 36.4 Å². The summed E-state index contributed by atoms with van der Waals surface area (Å²) in [5, 5.41) is 13.3. The van der Waals surface area contributed by atoms with E-state index in [1.54, 1.807) is 24.4 Å². The Hall–Kier alpha value is -2.64. The number of rotatable bonds is 5. The number of esters is 1. The molecule has 0 fully saturated rings. The molecule has 2 N–H and O–H groups in total. The lowest BCUT2D eigenvalue weighted by atomic mass is 10.1. The minimum Gasteiger partial charge on any atom is -0.466 e. The molecule has 0 spiro atoms. The molecule has 130 valence electrons. The molecule has 1 aromatic carbocycles. The molecular weight excluding hydrogens is 346 g/mol. The number of nitrogens with one attached hydrogen (secondary N) is 1. The van der Waals surface area contributed by atoms with Crippen LogP contribution in [-0.2, 0) is 14.3 Å². The fourth-order valence-corrected chi connectivity index (χ4v) is 2.94. The van der Waals surface area contributed by atoms with Gasteiger partial charge in [-0.15, -0.1) is 0 Å². The summed E-state index contributed by atoms with van der Waals surface area (Å²) >= 11 is 6.16. The lowest BCUT2D eigenvalue weighted by Crippen LogP contribution is -2.31. The molecule has 0 saturated heterocycles. The number of hydrogen-bond acceptors (Lipinski definition) is 6. The van der Waals surface area contributed by atoms with Crippen molar-refractivity contribution in [3.05, 3.63) is 46.8 Å². The Morgan fingerprint density at radius 1 is 1.44 bits per heavy atom. The molecule has 3 rings (SSSR count). The average Bonchev–Trinajstić information content (AvgIpc) is 2.93. The number of carbonyl (C=O) groups excluding carboxylic acids is 2. The Balaban J connectivity index is 2.04. The first-order chi connectivity index (χ1) is 12.1. The standard InChI is InChI=1S/C17H16ClN3O4/c1-25-17(24)11-9-21(7-8-22)16(23)15(11)20-13-5-4-12(18)14-10(13)3-2-6-19-14/h2-6,20,22H,7-9H2,1H3. The van der Waals surface area contributed by atoms with Gasteiger partial charge in [-0.3, -0.25) is 9.78 Å². The van der Waals surface area contributed by atoms with E-state index >= 15 is 0 Å². The Kier molecular flexibility index (Phi) is 4.87. The maximum atomic E-state index is 12.6. The number of carbonyl (C=O) groups is 2. The van der Waals surface area contributed by atoms with Crippen molar-refractivity contribution in [1.29, 1.82) is 0 Å². The van der Waals surface area contributed by atoms with Crippen LogP contribution in [0.3, 0.4) is 0 Å². The number of halogens is 1. The Morgan fingerprint density at radius 3 is 2.96 bits per heavy atom. The minimum absolute atomic E-state index is 0.0815. The van der Waals surface area contributed by atoms with Crippen LogP contribution in [-0.4, -0.2) is 53.7 Å². The largest absolute Gasteiger partial charge is 0.466 e. The lowest BCUT2D eigenvalue weighted by Gasteiger charge is -2.15. The topological polar surface area (TPSA) is 91.8 Å². The molecule has 2 aromatic rings. The zero-order valence-corrected chi connectivity index (χ0v) is 14.2. The molecule has 0 aliphatic carbocycles. The number of nitrogens with zero attached hydrogens (tertiary/aromatic N) is 2. The van der Waals surface area contributed by atoms with Gasteiger partial charge in [-0.2, -0.15) is 0 Å². The van der Waals surface area contributed by atoms with Crippen LogP contribution in [0.4, 0.5) is 5.69 Å². The van der Waals surface area contributed by atoms with Crippen molar-refractivity contribution in [2.45, 2.75) is 0 Å². The highest BCUT2D eigenvalue weighted by atomic mass is 35.5. The first-order valence-corrected chi connectivity index (χ1v) is 7.96. The van der Waals surface area contributed by atoms with Crippen molar-refractivity contribution in [2.24, 2.45) is 0 Å². The third kappa shape index (κ3) is 3.16. The number of aliphatic hydroxyl groups excluding tert-OH is 1. The predicted molar refractivity (Wildman–Crippen MR) is 93.1 cm³/mol. The summed E-state index contributed by atoms with van der Waals surface area (Å²) in [5.41, 5.74) is 1.54. The molecule has 0 unspecified atom stereocenters. The van der Waals surface area contributed by atoms with Crippen LogP contribution in [0.2, 0.25) is 5.02 Å². The molecule has 7 nitrogen and oxygen atoms in total. The lowest BCUT2D eigenvalue weighted by molar-refractivity contribution is -0.136. The van der Waals surface area contributed by atoms with E-state index in [4.69, 9.17) is 21.4 Å². The Labute approximate surface area is 148 Å². The van der Waals surface area contributed by atoms with E-state index < -0.39 is 5.97 Å². The number of amides is 1. The van der Waals surface area contributed by atoms with Crippen LogP contribution in [0, 0.1) is 0 Å². The maximum absolute atomic E-state index is 12.6. The zero-order valence-electron chi connectivity index (χ0n) is 13.5. The number of hydrogen-bond donors (Lipinski definition) is 2. The number of aromatic nitrogens is 1. The van der Waals surface area contributed by atoms with Gasteiger partial charge in [-0.05, 0) is 24.3 Å². The van der Waals surface area contributed by atoms with Crippen molar-refractivity contribution in [3.63, 3.8) is 0 Å². The highest BCUT2D eigenvalue weighted by molar-refractivity contribution is 6.35. The Bertz CT molecular complexity index is 881. The van der Waals surface area contributed by atoms with Crippen molar-refractivity contribution in [2.75, 3.05) is 32.1 Å². The predicted octanol–water partition coefficient (Wildman–Crippen LogP) is 1.56. The monoisotopic (exact) mass is 361 g/mol. The molecule has 8 heteroatoms. The minimum atomic E-state index is -0.590. The summed E-state index contributed by atoms with van der Waals surface area (Å²) in [5.74, 6) is -0.964. The van der Waals surface area contributed by atoms with Crippen molar-refractivity contribution in [1.82, 2.24) is 9.88 Å². The van der Waals surface area contributed by atoms with E-state index in [1.165, 1.54) is 12.0 Å². The van der Waals surface area contributed by atoms with Crippen LogP contribution in [0.15, 0.2) is 41.7 Å². The molecule has 1 aliphatic rings. The van der Waals surface area contributed by atoms with Crippen LogP contribution in [0.5, 0.6) is 0 Å². The van der Waals surface area contributed by atoms with Crippen LogP contribution < -0.4 is 5.32 Å². The number of pyridine rings is 1. The summed E-state index contributed by atoms with van der Waals surface area (Å²) < 4.78 is 4.77. The van der Waals surface area contributed by atoms with Crippen molar-refractivity contribution < 1.29 is 19.4 Å². The molecule has 1 aliphatic heterocycles. The number of methoxy groups -OCH3 is 1. The number of β-amino-alcohol motifs (C(OH)–C–C–N with tert-alkyl or cyclic N) is 1. The number of ether oxygens (including phenoxy) is 1. The third-order valence-corrected chi connectivity index (χ3v) is 4.24. The summed E-state index contributed by atoms with van der Waals surface area (Å²) in [6.07, 6.45) is 1.63. The summed E-state index contributed by atoms with van der Waals surface area (Å²) in [7, 11) is 1.26. The molecule has 0 saturated carbocycles. The van der Waals surface area contributed by atoms with E-state index in [2.05, 4.69) is 10.3 Å². The van der Waals surface area contributed by atoms with Gasteiger partial charge in [0.25, 0.3) is 5.91 Å². The van der Waals surface area contributed by atoms with Gasteiger partial charge in [-0.1, -0.05) is 11.6 Å². The van der Waals surface area contributed by atoms with Crippen LogP contribution >= 0.6 is 11.6 Å². The smallest absolute Gasteiger partial charge is 0.337 e. The van der Waals surface area contributed by atoms with Gasteiger partial charge in [0, 0.05) is 23.8 Å². The van der Waals surface area contributed by atoms with E-state index in [9.17, 15) is 9.59 Å². The number of fused-ring (bicyclic) bond motifs is 1. The van der Waals surface area contributed by atoms with E-state index in [-0.39, 0.29) is 36.9 Å². The van der Waals surface area contributed by atoms with Crippen molar-refractivity contribution >= 4 is 40.1 Å². The van der Waals surface area contributed by atoms with Crippen molar-refractivity contribution in [3.8, 4) is 0 Å². The van der Waals surface area contributed by atoms with E-state index in [0.29, 0.717) is 16.2 Å². The first-order valence-electron chi connectivity index (χ1n) is 7.58. The second-order valence-electron chi connectivity index (χ2n) is 5.41. The van der Waals surface area contributed by atoms with Crippen LogP contribution in [0.25, 0.3) is 10.9 Å². The fraction of sp³-hybridized carbons (Fsp3) is 0.235. The second kappa shape index (κ2) is 7.08. The van der Waals surface area contributed by atoms with E-state index in [0.717, 1.165) is 5.39 Å². The highest BCUT2D eigenvalue weighted by Crippen LogP contribution is 2.31. The van der Waals surface area contributed by atoms with Gasteiger partial charge in [0.2, 0.25) is 0 Å². The molecule has 25 heavy (non-hydrogen) atoms. The molecule has 1 aromatic heterocycles. The van der Waals surface area contributed by atoms with E-state index in [1.807, 2.05) is 6.07 Å². The normalized spacial score (nSPS) is 14.4. The summed E-state index contributed by atoms with van der Waals surface area (Å²) in [6, 6.07) is 6.96. The maximum Gasteiger partial charge on any atom is 0.337 e. The van der Waals surface area contributed by atoms with Gasteiger partial charge >= 0.3 is 5.97 Å². The first kappa shape index (κ1) is 17.2. The number of benzene rings is 1. The molecule has 1 amide bonds. The fourth-order valence-electron chi connectivity index (χ4n) is 2.73. The zero-order chi connectivity index (χ0) is 18.0. The number of anilines is 1. The SMILES string of the molecule is COC(=O)C1=C(Nc2ccc(Cl)c3ncccc23)C(=O)N(CCO)C1. The molecule has 2 heterocycles. The molecule has 0 bridgehead atoms. The highest BCUT2D eigenvalue weighted by Gasteiger charge is 2.34.